The van der Waals surface area contributed by atoms with E-state index in [2.05, 4.69) is 20.9 Å². The molecule has 0 bridgehead atoms. The van der Waals surface area contributed by atoms with Crippen molar-refractivity contribution in [2.75, 3.05) is 13.1 Å². The van der Waals surface area contributed by atoms with Crippen LogP contribution in [0.15, 0.2) is 4.99 Å². The van der Waals surface area contributed by atoms with Gasteiger partial charge in [0.05, 0.1) is 12.6 Å². The molecule has 3 amide bonds. The Labute approximate surface area is 182 Å². The van der Waals surface area contributed by atoms with Crippen LogP contribution in [0.25, 0.3) is 0 Å². The van der Waals surface area contributed by atoms with Crippen LogP contribution in [0.2, 0.25) is 0 Å². The van der Waals surface area contributed by atoms with Crippen molar-refractivity contribution in [1.29, 1.82) is 0 Å². The van der Waals surface area contributed by atoms with Crippen LogP contribution in [0.3, 0.4) is 0 Å². The van der Waals surface area contributed by atoms with Gasteiger partial charge in [-0.05, 0) is 31.1 Å². The minimum absolute atomic E-state index is 0.0428. The van der Waals surface area contributed by atoms with E-state index in [1.165, 1.54) is 0 Å². The number of guanidine groups is 1. The Morgan fingerprint density at radius 3 is 2.10 bits per heavy atom. The zero-order chi connectivity index (χ0) is 24.1. The van der Waals surface area contributed by atoms with Gasteiger partial charge in [0, 0.05) is 6.54 Å². The summed E-state index contributed by atoms with van der Waals surface area (Å²) >= 11 is 0. The molecule has 178 valence electrons. The van der Waals surface area contributed by atoms with Crippen molar-refractivity contribution in [2.24, 2.45) is 34.0 Å². The van der Waals surface area contributed by atoms with Crippen LogP contribution in [0.5, 0.6) is 0 Å². The van der Waals surface area contributed by atoms with Gasteiger partial charge >= 0.3 is 5.97 Å². The van der Waals surface area contributed by atoms with Gasteiger partial charge in [-0.15, -0.1) is 0 Å². The molecule has 0 aliphatic carbocycles. The first-order valence-corrected chi connectivity index (χ1v) is 10.3. The molecular weight excluding hydrogens is 406 g/mol. The predicted octanol–water partition coefficient (Wildman–Crippen LogP) is -1.76. The lowest BCUT2D eigenvalue weighted by molar-refractivity contribution is -0.143. The lowest BCUT2D eigenvalue weighted by atomic mass is 10.0. The van der Waals surface area contributed by atoms with Gasteiger partial charge in [-0.2, -0.15) is 0 Å². The molecule has 0 rings (SSSR count). The molecule has 0 aliphatic heterocycles. The van der Waals surface area contributed by atoms with Gasteiger partial charge in [0.2, 0.25) is 17.7 Å². The lowest BCUT2D eigenvalue weighted by Crippen LogP contribution is -2.54. The molecule has 0 fully saturated rings. The van der Waals surface area contributed by atoms with Crippen molar-refractivity contribution in [3.8, 4) is 0 Å². The molecule has 0 radical (unpaired) electrons. The predicted molar refractivity (Wildman–Crippen MR) is 117 cm³/mol. The Bertz CT molecular complexity index is 648. The Morgan fingerprint density at radius 2 is 1.61 bits per heavy atom. The standard InChI is InChI=1S/C19H37N7O5/c1-10(2)8-13(25-16(28)12(20)6-5-7-23-19(21)22)17(29)24-9-14(27)26-15(11(3)4)18(30)31/h10-13,15H,5-9,20H2,1-4H3,(H,24,29)(H,25,28)(H,26,27)(H,30,31)(H4,21,22,23). The number of nitrogens with two attached hydrogens (primary N) is 3. The summed E-state index contributed by atoms with van der Waals surface area (Å²) in [4.78, 5) is 51.9. The maximum absolute atomic E-state index is 12.5. The van der Waals surface area contributed by atoms with E-state index >= 15 is 0 Å². The average Bonchev–Trinajstić information content (AvgIpc) is 2.65. The largest absolute Gasteiger partial charge is 0.480 e. The normalized spacial score (nSPS) is 13.8. The fourth-order valence-electron chi connectivity index (χ4n) is 2.66. The van der Waals surface area contributed by atoms with E-state index in [9.17, 15) is 19.2 Å². The molecule has 0 saturated carbocycles. The number of carboxylic acid groups (broad SMARTS) is 1. The van der Waals surface area contributed by atoms with Crippen LogP contribution in [0.4, 0.5) is 0 Å². The number of aliphatic carboxylic acids is 1. The molecule has 10 N–H and O–H groups in total. The first-order valence-electron chi connectivity index (χ1n) is 10.3. The number of nitrogens with zero attached hydrogens (tertiary/aromatic N) is 1. The lowest BCUT2D eigenvalue weighted by Gasteiger charge is -2.22. The molecule has 0 heterocycles. The highest BCUT2D eigenvalue weighted by Crippen LogP contribution is 2.06. The summed E-state index contributed by atoms with van der Waals surface area (Å²) in [7, 11) is 0. The van der Waals surface area contributed by atoms with Crippen LogP contribution in [-0.2, 0) is 19.2 Å². The Kier molecular flexibility index (Phi) is 12.9. The highest BCUT2D eigenvalue weighted by molar-refractivity contribution is 5.92. The monoisotopic (exact) mass is 443 g/mol. The highest BCUT2D eigenvalue weighted by Gasteiger charge is 2.26. The van der Waals surface area contributed by atoms with Crippen molar-refractivity contribution in [3.05, 3.63) is 0 Å². The summed E-state index contributed by atoms with van der Waals surface area (Å²) in [6, 6.07) is -2.79. The minimum atomic E-state index is -1.16. The fourth-order valence-corrected chi connectivity index (χ4v) is 2.66. The van der Waals surface area contributed by atoms with Crippen LogP contribution < -0.4 is 33.2 Å². The Hall–Kier alpha value is -2.89. The Balaban J connectivity index is 4.79. The van der Waals surface area contributed by atoms with E-state index in [0.717, 1.165) is 0 Å². The van der Waals surface area contributed by atoms with Gasteiger partial charge in [-0.3, -0.25) is 19.4 Å². The van der Waals surface area contributed by atoms with Crippen LogP contribution in [0, 0.1) is 11.8 Å². The molecule has 0 saturated heterocycles. The molecule has 3 unspecified atom stereocenters. The van der Waals surface area contributed by atoms with Crippen molar-refractivity contribution < 1.29 is 24.3 Å². The van der Waals surface area contributed by atoms with E-state index < -0.39 is 48.4 Å². The molecule has 0 aromatic heterocycles. The van der Waals surface area contributed by atoms with E-state index in [-0.39, 0.29) is 17.8 Å². The second-order valence-corrected chi connectivity index (χ2v) is 8.09. The average molecular weight is 444 g/mol. The quantitative estimate of drug-likeness (QED) is 0.0924. The van der Waals surface area contributed by atoms with Crippen molar-refractivity contribution in [1.82, 2.24) is 16.0 Å². The molecular formula is C19H37N7O5. The summed E-state index contributed by atoms with van der Waals surface area (Å²) in [6.07, 6.45) is 1.16. The zero-order valence-electron chi connectivity index (χ0n) is 18.7. The third kappa shape index (κ3) is 12.4. The molecule has 0 aliphatic rings. The summed E-state index contributed by atoms with van der Waals surface area (Å²) in [5.74, 6) is -3.13. The van der Waals surface area contributed by atoms with E-state index in [1.807, 2.05) is 13.8 Å². The SMILES string of the molecule is CC(C)CC(NC(=O)C(N)CCCN=C(N)N)C(=O)NCC(=O)NC(C(=O)O)C(C)C. The molecule has 3 atom stereocenters. The minimum Gasteiger partial charge on any atom is -0.480 e. The maximum Gasteiger partial charge on any atom is 0.326 e. The number of carboxylic acids is 1. The summed E-state index contributed by atoms with van der Waals surface area (Å²) < 4.78 is 0. The fraction of sp³-hybridized carbons (Fsp3) is 0.737. The number of nitrogens with one attached hydrogen (secondary N) is 3. The first-order chi connectivity index (χ1) is 14.3. The van der Waals surface area contributed by atoms with Gasteiger partial charge < -0.3 is 38.3 Å². The number of amides is 3. The molecule has 0 aromatic rings. The number of carbonyl (C=O) groups is 4. The second-order valence-electron chi connectivity index (χ2n) is 8.09. The number of hydrogen-bond acceptors (Lipinski definition) is 6. The number of rotatable bonds is 14. The second kappa shape index (κ2) is 14.2. The van der Waals surface area contributed by atoms with Crippen molar-refractivity contribution in [3.63, 3.8) is 0 Å². The van der Waals surface area contributed by atoms with Gasteiger partial charge in [-0.25, -0.2) is 4.79 Å². The van der Waals surface area contributed by atoms with E-state index in [1.54, 1.807) is 13.8 Å². The molecule has 12 heteroatoms. The first kappa shape index (κ1) is 28.1. The van der Waals surface area contributed by atoms with E-state index in [4.69, 9.17) is 22.3 Å². The Morgan fingerprint density at radius 1 is 1.00 bits per heavy atom. The van der Waals surface area contributed by atoms with Crippen LogP contribution >= 0.6 is 0 Å². The third-order valence-electron chi connectivity index (χ3n) is 4.32. The van der Waals surface area contributed by atoms with Gasteiger partial charge in [-0.1, -0.05) is 27.7 Å². The summed E-state index contributed by atoms with van der Waals surface area (Å²) in [5, 5.41) is 16.5. The summed E-state index contributed by atoms with van der Waals surface area (Å²) in [5.41, 5.74) is 16.3. The molecule has 31 heavy (non-hydrogen) atoms. The summed E-state index contributed by atoms with van der Waals surface area (Å²) in [6.45, 7) is 7.01. The number of hydrogen-bond donors (Lipinski definition) is 7. The van der Waals surface area contributed by atoms with Gasteiger partial charge in [0.15, 0.2) is 5.96 Å². The zero-order valence-corrected chi connectivity index (χ0v) is 18.7. The van der Waals surface area contributed by atoms with Gasteiger partial charge in [0.1, 0.15) is 12.1 Å². The van der Waals surface area contributed by atoms with Crippen LogP contribution in [0.1, 0.15) is 47.0 Å². The molecule has 0 spiro atoms. The van der Waals surface area contributed by atoms with Crippen LogP contribution in [-0.4, -0.2) is 66.0 Å². The maximum atomic E-state index is 12.5. The van der Waals surface area contributed by atoms with Crippen molar-refractivity contribution in [2.45, 2.75) is 65.1 Å². The number of carbonyl (C=O) groups excluding carboxylic acids is 3. The third-order valence-corrected chi connectivity index (χ3v) is 4.32. The molecule has 0 aromatic carbocycles. The van der Waals surface area contributed by atoms with Gasteiger partial charge in [0.25, 0.3) is 0 Å². The number of aliphatic imine (C=N–C) groups is 1. The smallest absolute Gasteiger partial charge is 0.326 e. The topological polar surface area (TPSA) is 215 Å². The molecule has 12 nitrogen and oxygen atoms in total. The highest BCUT2D eigenvalue weighted by atomic mass is 16.4. The van der Waals surface area contributed by atoms with E-state index in [0.29, 0.717) is 25.8 Å². The van der Waals surface area contributed by atoms with Crippen molar-refractivity contribution >= 4 is 29.7 Å².